The molecule has 1 atom stereocenters. The summed E-state index contributed by atoms with van der Waals surface area (Å²) in [7, 11) is 0. The number of carbonyl (C=O) groups is 1. The number of amides is 1. The van der Waals surface area contributed by atoms with Gasteiger partial charge in [0.2, 0.25) is 5.91 Å². The van der Waals surface area contributed by atoms with Crippen LogP contribution in [0, 0.1) is 0 Å². The average molecular weight is 287 g/mol. The first-order valence-corrected chi connectivity index (χ1v) is 6.49. The zero-order valence-electron chi connectivity index (χ0n) is 10.9. The van der Waals surface area contributed by atoms with Crippen LogP contribution in [-0.4, -0.2) is 18.6 Å². The quantitative estimate of drug-likeness (QED) is 0.929. The molecule has 0 aliphatic carbocycles. The summed E-state index contributed by atoms with van der Waals surface area (Å²) in [5.41, 5.74) is 4.76. The van der Waals surface area contributed by atoms with Crippen molar-refractivity contribution in [2.45, 2.75) is 38.0 Å². The van der Waals surface area contributed by atoms with Crippen LogP contribution in [0.15, 0.2) is 18.2 Å². The fourth-order valence-electron chi connectivity index (χ4n) is 2.37. The van der Waals surface area contributed by atoms with Gasteiger partial charge in [-0.15, -0.1) is 0 Å². The van der Waals surface area contributed by atoms with Crippen LogP contribution in [-0.2, 0) is 17.3 Å². The summed E-state index contributed by atoms with van der Waals surface area (Å²) in [6, 6.07) is 3.12. The molecule has 0 radical (unpaired) electrons. The van der Waals surface area contributed by atoms with Gasteiger partial charge >= 0.3 is 6.18 Å². The van der Waals surface area contributed by atoms with Crippen LogP contribution in [0.25, 0.3) is 0 Å². The van der Waals surface area contributed by atoms with Crippen molar-refractivity contribution in [2.24, 2.45) is 5.73 Å². The first-order chi connectivity index (χ1) is 9.38. The van der Waals surface area contributed by atoms with Gasteiger partial charge in [-0.3, -0.25) is 4.79 Å². The highest BCUT2D eigenvalue weighted by Gasteiger charge is 2.31. The number of alkyl halides is 3. The van der Waals surface area contributed by atoms with Crippen molar-refractivity contribution >= 4 is 5.91 Å². The molecule has 110 valence electrons. The Morgan fingerprint density at radius 2 is 2.10 bits per heavy atom. The van der Waals surface area contributed by atoms with Crippen molar-refractivity contribution in [1.82, 2.24) is 0 Å². The largest absolute Gasteiger partial charge is 0.416 e. The van der Waals surface area contributed by atoms with E-state index in [1.165, 1.54) is 6.07 Å². The van der Waals surface area contributed by atoms with Crippen molar-refractivity contribution in [3.05, 3.63) is 34.9 Å². The molecule has 1 aliphatic heterocycles. The highest BCUT2D eigenvalue weighted by Crippen LogP contribution is 2.31. The van der Waals surface area contributed by atoms with E-state index in [0.717, 1.165) is 31.4 Å². The van der Waals surface area contributed by atoms with E-state index in [1.54, 1.807) is 0 Å². The van der Waals surface area contributed by atoms with Crippen molar-refractivity contribution in [3.8, 4) is 0 Å². The van der Waals surface area contributed by atoms with Gasteiger partial charge in [0.25, 0.3) is 0 Å². The molecule has 2 rings (SSSR count). The lowest BCUT2D eigenvalue weighted by Crippen LogP contribution is -2.24. The molecule has 1 aromatic rings. The number of hydrogen-bond donors (Lipinski definition) is 1. The third-order valence-corrected chi connectivity index (χ3v) is 3.42. The molecule has 0 saturated carbocycles. The van der Waals surface area contributed by atoms with Crippen molar-refractivity contribution in [3.63, 3.8) is 0 Å². The Balaban J connectivity index is 2.25. The summed E-state index contributed by atoms with van der Waals surface area (Å²) in [6.07, 6.45) is -1.26. The van der Waals surface area contributed by atoms with E-state index in [1.807, 2.05) is 0 Å². The lowest BCUT2D eigenvalue weighted by atomic mass is 9.95. The van der Waals surface area contributed by atoms with Gasteiger partial charge in [0.05, 0.1) is 11.7 Å². The second-order valence-corrected chi connectivity index (χ2v) is 4.93. The molecular weight excluding hydrogens is 271 g/mol. The molecule has 1 fully saturated rings. The number of nitrogens with two attached hydrogens (primary N) is 1. The van der Waals surface area contributed by atoms with Gasteiger partial charge < -0.3 is 10.5 Å². The Kier molecular flexibility index (Phi) is 4.32. The Morgan fingerprint density at radius 3 is 2.65 bits per heavy atom. The minimum absolute atomic E-state index is 0.0569. The minimum Gasteiger partial charge on any atom is -0.378 e. The number of rotatable bonds is 3. The highest BCUT2D eigenvalue weighted by atomic mass is 19.4. The number of carbonyl (C=O) groups excluding carboxylic acids is 1. The maximum Gasteiger partial charge on any atom is 0.416 e. The van der Waals surface area contributed by atoms with Crippen LogP contribution in [0.3, 0.4) is 0 Å². The van der Waals surface area contributed by atoms with Crippen molar-refractivity contribution in [2.75, 3.05) is 6.61 Å². The standard InChI is InChI=1S/C14H16F3NO2/c15-14(16,17)10-5-4-9(12(8-10)13(18)19)7-11-3-1-2-6-20-11/h4-5,8,11H,1-3,6-7H2,(H2,18,19)/t11-/m1/s1. The Hall–Kier alpha value is -1.56. The van der Waals surface area contributed by atoms with Crippen LogP contribution < -0.4 is 5.73 Å². The molecular formula is C14H16F3NO2. The Bertz CT molecular complexity index is 494. The van der Waals surface area contributed by atoms with E-state index in [0.29, 0.717) is 18.6 Å². The molecule has 0 spiro atoms. The fourth-order valence-corrected chi connectivity index (χ4v) is 2.37. The predicted octanol–water partition coefficient (Wildman–Crippen LogP) is 2.92. The van der Waals surface area contributed by atoms with E-state index in [4.69, 9.17) is 10.5 Å². The van der Waals surface area contributed by atoms with Gasteiger partial charge in [-0.2, -0.15) is 13.2 Å². The lowest BCUT2D eigenvalue weighted by Gasteiger charge is -2.23. The fraction of sp³-hybridized carbons (Fsp3) is 0.500. The van der Waals surface area contributed by atoms with Crippen molar-refractivity contribution < 1.29 is 22.7 Å². The van der Waals surface area contributed by atoms with Crippen LogP contribution in [0.5, 0.6) is 0 Å². The normalized spacial score (nSPS) is 19.9. The van der Waals surface area contributed by atoms with E-state index < -0.39 is 17.6 Å². The third kappa shape index (κ3) is 3.50. The molecule has 6 heteroatoms. The molecule has 0 bridgehead atoms. The topological polar surface area (TPSA) is 52.3 Å². The number of ether oxygens (including phenoxy) is 1. The van der Waals surface area contributed by atoms with E-state index in [2.05, 4.69) is 0 Å². The summed E-state index contributed by atoms with van der Waals surface area (Å²) in [5, 5.41) is 0. The van der Waals surface area contributed by atoms with Gasteiger partial charge in [0.15, 0.2) is 0 Å². The van der Waals surface area contributed by atoms with E-state index in [-0.39, 0.29) is 11.7 Å². The maximum absolute atomic E-state index is 12.6. The number of benzene rings is 1. The minimum atomic E-state index is -4.48. The lowest BCUT2D eigenvalue weighted by molar-refractivity contribution is -0.137. The van der Waals surface area contributed by atoms with Gasteiger partial charge in [-0.1, -0.05) is 6.07 Å². The van der Waals surface area contributed by atoms with Gasteiger partial charge in [-0.05, 0) is 43.4 Å². The molecule has 0 unspecified atom stereocenters. The van der Waals surface area contributed by atoms with E-state index >= 15 is 0 Å². The highest BCUT2D eigenvalue weighted by molar-refractivity contribution is 5.94. The van der Waals surface area contributed by atoms with Crippen LogP contribution >= 0.6 is 0 Å². The van der Waals surface area contributed by atoms with Gasteiger partial charge in [-0.25, -0.2) is 0 Å². The monoisotopic (exact) mass is 287 g/mol. The third-order valence-electron chi connectivity index (χ3n) is 3.42. The Morgan fingerprint density at radius 1 is 1.35 bits per heavy atom. The van der Waals surface area contributed by atoms with Crippen LogP contribution in [0.4, 0.5) is 13.2 Å². The molecule has 1 aliphatic rings. The first kappa shape index (κ1) is 14.8. The zero-order valence-corrected chi connectivity index (χ0v) is 10.9. The van der Waals surface area contributed by atoms with Crippen LogP contribution in [0.2, 0.25) is 0 Å². The predicted molar refractivity (Wildman–Crippen MR) is 67.3 cm³/mol. The Labute approximate surface area is 114 Å². The molecule has 1 saturated heterocycles. The molecule has 1 amide bonds. The number of hydrogen-bond acceptors (Lipinski definition) is 2. The molecule has 3 nitrogen and oxygen atoms in total. The van der Waals surface area contributed by atoms with Crippen LogP contribution in [0.1, 0.15) is 40.7 Å². The molecule has 1 aromatic carbocycles. The SMILES string of the molecule is NC(=O)c1cc(C(F)(F)F)ccc1C[C@H]1CCCCO1. The number of halogens is 3. The first-order valence-electron chi connectivity index (χ1n) is 6.49. The molecule has 2 N–H and O–H groups in total. The summed E-state index contributed by atoms with van der Waals surface area (Å²) in [4.78, 5) is 11.4. The smallest absolute Gasteiger partial charge is 0.378 e. The number of primary amides is 1. The van der Waals surface area contributed by atoms with Crippen molar-refractivity contribution in [1.29, 1.82) is 0 Å². The summed E-state index contributed by atoms with van der Waals surface area (Å²) < 4.78 is 43.5. The maximum atomic E-state index is 12.6. The molecule has 1 heterocycles. The average Bonchev–Trinajstić information content (AvgIpc) is 2.38. The summed E-state index contributed by atoms with van der Waals surface area (Å²) >= 11 is 0. The van der Waals surface area contributed by atoms with Gasteiger partial charge in [0.1, 0.15) is 0 Å². The van der Waals surface area contributed by atoms with Gasteiger partial charge in [0, 0.05) is 12.2 Å². The summed E-state index contributed by atoms with van der Waals surface area (Å²) in [6.45, 7) is 0.650. The second kappa shape index (κ2) is 5.83. The molecule has 0 aromatic heterocycles. The zero-order chi connectivity index (χ0) is 14.8. The summed E-state index contributed by atoms with van der Waals surface area (Å²) in [5.74, 6) is -0.845. The second-order valence-electron chi connectivity index (χ2n) is 4.93. The molecule has 20 heavy (non-hydrogen) atoms. The van der Waals surface area contributed by atoms with E-state index in [9.17, 15) is 18.0 Å².